The first-order chi connectivity index (χ1) is 6.81. The van der Waals surface area contributed by atoms with Gasteiger partial charge in [-0.1, -0.05) is 0 Å². The number of nitrogens with zero attached hydrogens (tertiary/aromatic N) is 2. The molecule has 0 aromatic carbocycles. The smallest absolute Gasteiger partial charge is 0.242 e. The molecule has 1 aliphatic rings. The summed E-state index contributed by atoms with van der Waals surface area (Å²) >= 11 is 0. The van der Waals surface area contributed by atoms with Crippen molar-refractivity contribution in [1.29, 1.82) is 0 Å². The van der Waals surface area contributed by atoms with Crippen molar-refractivity contribution in [3.63, 3.8) is 0 Å². The van der Waals surface area contributed by atoms with Gasteiger partial charge in [-0.2, -0.15) is 4.98 Å². The van der Waals surface area contributed by atoms with E-state index in [1.54, 1.807) is 7.11 Å². The summed E-state index contributed by atoms with van der Waals surface area (Å²) in [5, 5.41) is 3.19. The molecule has 3 N–H and O–H groups in total. The Kier molecular flexibility index (Phi) is 2.39. The van der Waals surface area contributed by atoms with Gasteiger partial charge in [0.15, 0.2) is 5.82 Å². The Morgan fingerprint density at radius 3 is 3.00 bits per heavy atom. The van der Waals surface area contributed by atoms with Crippen LogP contribution < -0.4 is 15.8 Å². The van der Waals surface area contributed by atoms with Gasteiger partial charge in [0.2, 0.25) is 5.88 Å². The molecule has 76 valence electrons. The van der Waals surface area contributed by atoms with E-state index < -0.39 is 0 Å². The zero-order chi connectivity index (χ0) is 9.97. The van der Waals surface area contributed by atoms with Gasteiger partial charge in [-0.3, -0.25) is 0 Å². The number of nitrogens with one attached hydrogen (secondary N) is 1. The highest BCUT2D eigenvalue weighted by molar-refractivity contribution is 5.66. The zero-order valence-electron chi connectivity index (χ0n) is 8.16. The van der Waals surface area contributed by atoms with E-state index in [9.17, 15) is 0 Å². The molecule has 0 bridgehead atoms. The molecule has 0 radical (unpaired) electrons. The molecule has 1 aliphatic carbocycles. The quantitative estimate of drug-likeness (QED) is 0.744. The molecular weight excluding hydrogens is 180 g/mol. The van der Waals surface area contributed by atoms with Crippen molar-refractivity contribution >= 4 is 11.5 Å². The largest absolute Gasteiger partial charge is 0.479 e. The predicted molar refractivity (Wildman–Crippen MR) is 54.2 cm³/mol. The number of hydrogen-bond acceptors (Lipinski definition) is 5. The van der Waals surface area contributed by atoms with Crippen LogP contribution in [0.4, 0.5) is 11.5 Å². The van der Waals surface area contributed by atoms with Gasteiger partial charge < -0.3 is 15.8 Å². The van der Waals surface area contributed by atoms with Gasteiger partial charge in [-0.15, -0.1) is 0 Å². The van der Waals surface area contributed by atoms with Crippen LogP contribution in [0.3, 0.4) is 0 Å². The van der Waals surface area contributed by atoms with E-state index in [4.69, 9.17) is 10.5 Å². The van der Waals surface area contributed by atoms with Crippen LogP contribution in [0.25, 0.3) is 0 Å². The van der Waals surface area contributed by atoms with E-state index in [1.165, 1.54) is 19.2 Å². The van der Waals surface area contributed by atoms with Crippen molar-refractivity contribution in [1.82, 2.24) is 9.97 Å². The monoisotopic (exact) mass is 194 g/mol. The summed E-state index contributed by atoms with van der Waals surface area (Å²) in [6.07, 6.45) is 4.05. The molecule has 1 heterocycles. The van der Waals surface area contributed by atoms with Crippen LogP contribution in [0.15, 0.2) is 6.33 Å². The molecule has 0 amide bonds. The van der Waals surface area contributed by atoms with Crippen molar-refractivity contribution in [2.24, 2.45) is 5.92 Å². The van der Waals surface area contributed by atoms with Gasteiger partial charge in [-0.05, 0) is 18.8 Å². The Hall–Kier alpha value is -1.52. The average molecular weight is 194 g/mol. The number of anilines is 2. The summed E-state index contributed by atoms with van der Waals surface area (Å²) in [6, 6.07) is 0. The summed E-state index contributed by atoms with van der Waals surface area (Å²) in [6.45, 7) is 0.935. The first-order valence-corrected chi connectivity index (χ1v) is 4.69. The Balaban J connectivity index is 2.06. The Labute approximate surface area is 82.7 Å². The molecule has 1 fully saturated rings. The van der Waals surface area contributed by atoms with Gasteiger partial charge in [0.05, 0.1) is 7.11 Å². The van der Waals surface area contributed by atoms with Crippen LogP contribution in [0.2, 0.25) is 0 Å². The second kappa shape index (κ2) is 3.69. The number of ether oxygens (including phenoxy) is 1. The molecule has 5 nitrogen and oxygen atoms in total. The van der Waals surface area contributed by atoms with E-state index in [-0.39, 0.29) is 0 Å². The number of nitrogen functional groups attached to an aromatic ring is 1. The van der Waals surface area contributed by atoms with Crippen LogP contribution in [0, 0.1) is 5.92 Å². The van der Waals surface area contributed by atoms with Crippen LogP contribution in [0.1, 0.15) is 12.8 Å². The minimum absolute atomic E-state index is 0.429. The SMILES string of the molecule is COc1ncnc(NCC2CC2)c1N. The fourth-order valence-corrected chi connectivity index (χ4v) is 1.25. The molecule has 1 saturated carbocycles. The normalized spacial score (nSPS) is 15.2. The lowest BCUT2D eigenvalue weighted by Crippen LogP contribution is -2.09. The maximum atomic E-state index is 5.79. The molecule has 1 aromatic rings. The van der Waals surface area contributed by atoms with Crippen LogP contribution in [0.5, 0.6) is 5.88 Å². The average Bonchev–Trinajstić information content (AvgIpc) is 3.00. The van der Waals surface area contributed by atoms with Crippen LogP contribution >= 0.6 is 0 Å². The Morgan fingerprint density at radius 1 is 1.57 bits per heavy atom. The van der Waals surface area contributed by atoms with Gasteiger partial charge in [0.1, 0.15) is 12.0 Å². The third-order valence-corrected chi connectivity index (χ3v) is 2.30. The highest BCUT2D eigenvalue weighted by Gasteiger charge is 2.21. The molecule has 0 aliphatic heterocycles. The number of hydrogen-bond donors (Lipinski definition) is 2. The van der Waals surface area contributed by atoms with Crippen LogP contribution in [-0.2, 0) is 0 Å². The summed E-state index contributed by atoms with van der Waals surface area (Å²) in [5.74, 6) is 1.89. The van der Waals surface area contributed by atoms with Gasteiger partial charge in [-0.25, -0.2) is 4.98 Å². The minimum atomic E-state index is 0.429. The molecule has 0 atom stereocenters. The maximum absolute atomic E-state index is 5.79. The van der Waals surface area contributed by atoms with Gasteiger partial charge in [0.25, 0.3) is 0 Å². The minimum Gasteiger partial charge on any atom is -0.479 e. The Morgan fingerprint density at radius 2 is 2.36 bits per heavy atom. The maximum Gasteiger partial charge on any atom is 0.242 e. The van der Waals surface area contributed by atoms with E-state index in [0.29, 0.717) is 17.4 Å². The number of methoxy groups -OCH3 is 1. The molecule has 14 heavy (non-hydrogen) atoms. The fourth-order valence-electron chi connectivity index (χ4n) is 1.25. The fraction of sp³-hybridized carbons (Fsp3) is 0.556. The zero-order valence-corrected chi connectivity index (χ0v) is 8.16. The highest BCUT2D eigenvalue weighted by atomic mass is 16.5. The third kappa shape index (κ3) is 1.86. The second-order valence-corrected chi connectivity index (χ2v) is 3.47. The van der Waals surface area contributed by atoms with Gasteiger partial charge in [0, 0.05) is 6.54 Å². The van der Waals surface area contributed by atoms with E-state index in [0.717, 1.165) is 12.5 Å². The molecule has 0 spiro atoms. The number of nitrogens with two attached hydrogens (primary N) is 1. The lowest BCUT2D eigenvalue weighted by atomic mass is 10.4. The lowest BCUT2D eigenvalue weighted by Gasteiger charge is -2.09. The molecule has 0 saturated heterocycles. The van der Waals surface area contributed by atoms with Gasteiger partial charge >= 0.3 is 0 Å². The Bertz CT molecular complexity index is 325. The molecular formula is C9H14N4O. The molecule has 0 unspecified atom stereocenters. The van der Waals surface area contributed by atoms with Crippen molar-refractivity contribution in [3.05, 3.63) is 6.33 Å². The highest BCUT2D eigenvalue weighted by Crippen LogP contribution is 2.30. The lowest BCUT2D eigenvalue weighted by molar-refractivity contribution is 0.399. The van der Waals surface area contributed by atoms with E-state index in [2.05, 4.69) is 15.3 Å². The van der Waals surface area contributed by atoms with Crippen LogP contribution in [-0.4, -0.2) is 23.6 Å². The predicted octanol–water partition coefficient (Wildman–Crippen LogP) is 0.889. The van der Waals surface area contributed by atoms with Crippen molar-refractivity contribution in [2.75, 3.05) is 24.7 Å². The summed E-state index contributed by atoms with van der Waals surface area (Å²) in [7, 11) is 1.55. The topological polar surface area (TPSA) is 73.1 Å². The van der Waals surface area contributed by atoms with E-state index in [1.807, 2.05) is 0 Å². The molecule has 1 aromatic heterocycles. The first-order valence-electron chi connectivity index (χ1n) is 4.69. The number of aromatic nitrogens is 2. The number of rotatable bonds is 4. The standard InChI is InChI=1S/C9H14N4O/c1-14-9-7(10)8(12-5-13-9)11-4-6-2-3-6/h5-6H,2-4,10H2,1H3,(H,11,12,13). The second-order valence-electron chi connectivity index (χ2n) is 3.47. The summed E-state index contributed by atoms with van der Waals surface area (Å²) < 4.78 is 4.99. The molecule has 2 rings (SSSR count). The van der Waals surface area contributed by atoms with Crippen molar-refractivity contribution in [2.45, 2.75) is 12.8 Å². The summed E-state index contributed by atoms with van der Waals surface area (Å²) in [4.78, 5) is 7.96. The van der Waals surface area contributed by atoms with Crippen molar-refractivity contribution in [3.8, 4) is 5.88 Å². The molecule has 5 heteroatoms. The summed E-state index contributed by atoms with van der Waals surface area (Å²) in [5.41, 5.74) is 6.27. The van der Waals surface area contributed by atoms with Crippen molar-refractivity contribution < 1.29 is 4.74 Å². The first kappa shape index (κ1) is 9.05. The van der Waals surface area contributed by atoms with E-state index >= 15 is 0 Å². The third-order valence-electron chi connectivity index (χ3n) is 2.30.